The van der Waals surface area contributed by atoms with Crippen molar-refractivity contribution in [2.45, 2.75) is 33.1 Å². The highest BCUT2D eigenvalue weighted by Crippen LogP contribution is 2.39. The van der Waals surface area contributed by atoms with Crippen LogP contribution in [0.3, 0.4) is 0 Å². The second kappa shape index (κ2) is 5.92. The molecule has 0 amide bonds. The average Bonchev–Trinajstić information content (AvgIpc) is 2.91. The van der Waals surface area contributed by atoms with E-state index < -0.39 is 0 Å². The Morgan fingerprint density at radius 3 is 2.65 bits per heavy atom. The number of nitrogens with two attached hydrogens (primary N) is 1. The van der Waals surface area contributed by atoms with E-state index in [0.29, 0.717) is 16.0 Å². The first-order valence-corrected chi connectivity index (χ1v) is 7.45. The van der Waals surface area contributed by atoms with Crippen LogP contribution in [0, 0.1) is 5.41 Å². The summed E-state index contributed by atoms with van der Waals surface area (Å²) in [6.07, 6.45) is 3.63. The van der Waals surface area contributed by atoms with Crippen molar-refractivity contribution in [3.05, 3.63) is 28.8 Å². The van der Waals surface area contributed by atoms with Gasteiger partial charge in [0.15, 0.2) is 5.84 Å². The third-order valence-electron chi connectivity index (χ3n) is 4.64. The molecule has 20 heavy (non-hydrogen) atoms. The van der Waals surface area contributed by atoms with Crippen molar-refractivity contribution >= 4 is 23.1 Å². The highest BCUT2D eigenvalue weighted by atomic mass is 35.5. The van der Waals surface area contributed by atoms with Gasteiger partial charge < -0.3 is 15.8 Å². The molecule has 0 saturated carbocycles. The zero-order chi connectivity index (χ0) is 14.8. The molecule has 1 aliphatic rings. The largest absolute Gasteiger partial charge is 0.409 e. The van der Waals surface area contributed by atoms with Crippen LogP contribution in [0.5, 0.6) is 0 Å². The Morgan fingerprint density at radius 2 is 2.15 bits per heavy atom. The lowest BCUT2D eigenvalue weighted by Crippen LogP contribution is -2.26. The molecule has 0 bridgehead atoms. The van der Waals surface area contributed by atoms with E-state index >= 15 is 0 Å². The predicted molar refractivity (Wildman–Crippen MR) is 83.8 cm³/mol. The second-order valence-corrected chi connectivity index (χ2v) is 5.94. The molecule has 0 aliphatic carbocycles. The number of nitrogens with zero attached hydrogens (tertiary/aromatic N) is 2. The molecule has 0 unspecified atom stereocenters. The SMILES string of the molecule is CCC1(CC)CCN(c2ccc(/C(N)=N/O)c(Cl)c2)C1. The van der Waals surface area contributed by atoms with Gasteiger partial charge in [-0.1, -0.05) is 30.6 Å². The predicted octanol–water partition coefficient (Wildman–Crippen LogP) is 3.45. The summed E-state index contributed by atoms with van der Waals surface area (Å²) in [6.45, 7) is 6.66. The Bertz CT molecular complexity index is 512. The van der Waals surface area contributed by atoms with E-state index in [1.165, 1.54) is 19.3 Å². The Hall–Kier alpha value is -1.42. The standard InChI is InChI=1S/C15H22ClN3O/c1-3-15(4-2)7-8-19(10-15)11-5-6-12(13(16)9-11)14(17)18-20/h5-6,9,20H,3-4,7-8,10H2,1-2H3,(H2,17,18). The van der Waals surface area contributed by atoms with E-state index in [9.17, 15) is 0 Å². The van der Waals surface area contributed by atoms with Crippen molar-refractivity contribution in [3.63, 3.8) is 0 Å². The molecule has 1 fully saturated rings. The van der Waals surface area contributed by atoms with Gasteiger partial charge in [0, 0.05) is 24.3 Å². The number of amidine groups is 1. The van der Waals surface area contributed by atoms with Gasteiger partial charge in [-0.15, -0.1) is 0 Å². The molecule has 0 aromatic heterocycles. The number of benzene rings is 1. The van der Waals surface area contributed by atoms with E-state index in [-0.39, 0.29) is 5.84 Å². The molecule has 110 valence electrons. The molecule has 4 nitrogen and oxygen atoms in total. The lowest BCUT2D eigenvalue weighted by atomic mass is 9.82. The number of halogens is 1. The van der Waals surface area contributed by atoms with E-state index in [4.69, 9.17) is 22.5 Å². The smallest absolute Gasteiger partial charge is 0.171 e. The first kappa shape index (κ1) is 15.0. The fourth-order valence-electron chi connectivity index (χ4n) is 2.94. The molecule has 1 aromatic rings. The third-order valence-corrected chi connectivity index (χ3v) is 4.95. The van der Waals surface area contributed by atoms with Gasteiger partial charge in [0.2, 0.25) is 0 Å². The van der Waals surface area contributed by atoms with Crippen LogP contribution in [-0.4, -0.2) is 24.1 Å². The molecule has 0 radical (unpaired) electrons. The van der Waals surface area contributed by atoms with Crippen molar-refractivity contribution in [2.75, 3.05) is 18.0 Å². The molecular weight excluding hydrogens is 274 g/mol. The van der Waals surface area contributed by atoms with Crippen LogP contribution in [0.15, 0.2) is 23.4 Å². The normalized spacial score (nSPS) is 18.6. The third kappa shape index (κ3) is 2.70. The Morgan fingerprint density at radius 1 is 1.45 bits per heavy atom. The molecule has 0 atom stereocenters. The van der Waals surface area contributed by atoms with Gasteiger partial charge in [0.1, 0.15) is 0 Å². The topological polar surface area (TPSA) is 61.8 Å². The fraction of sp³-hybridized carbons (Fsp3) is 0.533. The fourth-order valence-corrected chi connectivity index (χ4v) is 3.22. The number of oxime groups is 1. The van der Waals surface area contributed by atoms with Gasteiger partial charge in [-0.2, -0.15) is 0 Å². The van der Waals surface area contributed by atoms with Crippen molar-refractivity contribution in [3.8, 4) is 0 Å². The molecule has 2 rings (SSSR count). The van der Waals surface area contributed by atoms with Gasteiger partial charge in [0.05, 0.1) is 5.02 Å². The average molecular weight is 296 g/mol. The first-order valence-electron chi connectivity index (χ1n) is 7.07. The molecule has 1 aliphatic heterocycles. The number of hydrogen-bond acceptors (Lipinski definition) is 3. The van der Waals surface area contributed by atoms with E-state index in [0.717, 1.165) is 18.8 Å². The Balaban J connectivity index is 2.22. The summed E-state index contributed by atoms with van der Waals surface area (Å²) in [5, 5.41) is 12.2. The molecular formula is C15H22ClN3O. The highest BCUT2D eigenvalue weighted by Gasteiger charge is 2.35. The van der Waals surface area contributed by atoms with Crippen molar-refractivity contribution < 1.29 is 5.21 Å². The van der Waals surface area contributed by atoms with Crippen LogP contribution in [0.25, 0.3) is 0 Å². The van der Waals surface area contributed by atoms with Crippen LogP contribution in [-0.2, 0) is 0 Å². The summed E-state index contributed by atoms with van der Waals surface area (Å²) in [5.41, 5.74) is 7.68. The summed E-state index contributed by atoms with van der Waals surface area (Å²) in [4.78, 5) is 2.37. The minimum atomic E-state index is 0.0411. The molecule has 1 saturated heterocycles. The van der Waals surface area contributed by atoms with Crippen LogP contribution in [0.4, 0.5) is 5.69 Å². The zero-order valence-corrected chi connectivity index (χ0v) is 12.8. The Kier molecular flexibility index (Phi) is 4.43. The lowest BCUT2D eigenvalue weighted by molar-refractivity contribution is 0.301. The number of hydrogen-bond donors (Lipinski definition) is 2. The van der Waals surface area contributed by atoms with Crippen LogP contribution < -0.4 is 10.6 Å². The highest BCUT2D eigenvalue weighted by molar-refractivity contribution is 6.34. The van der Waals surface area contributed by atoms with E-state index in [2.05, 4.69) is 23.9 Å². The monoisotopic (exact) mass is 295 g/mol. The maximum Gasteiger partial charge on any atom is 0.171 e. The molecule has 1 heterocycles. The van der Waals surface area contributed by atoms with E-state index in [1.54, 1.807) is 0 Å². The van der Waals surface area contributed by atoms with Crippen molar-refractivity contribution in [2.24, 2.45) is 16.3 Å². The zero-order valence-electron chi connectivity index (χ0n) is 12.1. The van der Waals surface area contributed by atoms with E-state index in [1.807, 2.05) is 18.2 Å². The summed E-state index contributed by atoms with van der Waals surface area (Å²) < 4.78 is 0. The summed E-state index contributed by atoms with van der Waals surface area (Å²) in [7, 11) is 0. The molecule has 1 aromatic carbocycles. The van der Waals surface area contributed by atoms with Gasteiger partial charge in [-0.3, -0.25) is 0 Å². The number of anilines is 1. The maximum absolute atomic E-state index is 8.72. The van der Waals surface area contributed by atoms with Gasteiger partial charge in [-0.05, 0) is 42.9 Å². The van der Waals surface area contributed by atoms with Crippen LogP contribution >= 0.6 is 11.6 Å². The lowest BCUT2D eigenvalue weighted by Gasteiger charge is -2.27. The minimum absolute atomic E-state index is 0.0411. The van der Waals surface area contributed by atoms with Crippen molar-refractivity contribution in [1.29, 1.82) is 0 Å². The minimum Gasteiger partial charge on any atom is -0.409 e. The van der Waals surface area contributed by atoms with Crippen LogP contribution in [0.1, 0.15) is 38.7 Å². The number of rotatable bonds is 4. The van der Waals surface area contributed by atoms with Gasteiger partial charge in [-0.25, -0.2) is 0 Å². The van der Waals surface area contributed by atoms with Crippen molar-refractivity contribution in [1.82, 2.24) is 0 Å². The first-order chi connectivity index (χ1) is 9.55. The Labute approximate surface area is 125 Å². The second-order valence-electron chi connectivity index (χ2n) is 5.53. The maximum atomic E-state index is 8.72. The van der Waals surface area contributed by atoms with Gasteiger partial charge in [0.25, 0.3) is 0 Å². The summed E-state index contributed by atoms with van der Waals surface area (Å²) in [6, 6.07) is 5.70. The molecule has 0 spiro atoms. The summed E-state index contributed by atoms with van der Waals surface area (Å²) >= 11 is 6.22. The van der Waals surface area contributed by atoms with Crippen LogP contribution in [0.2, 0.25) is 5.02 Å². The summed E-state index contributed by atoms with van der Waals surface area (Å²) in [5.74, 6) is 0.0411. The molecule has 5 heteroatoms. The molecule has 3 N–H and O–H groups in total. The quantitative estimate of drug-likeness (QED) is 0.387. The van der Waals surface area contributed by atoms with Gasteiger partial charge >= 0.3 is 0 Å².